The third kappa shape index (κ3) is 5.55. The molecule has 0 aromatic heterocycles. The van der Waals surface area contributed by atoms with Gasteiger partial charge in [-0.05, 0) is 36.4 Å². The molecule has 1 aliphatic heterocycles. The van der Waals surface area contributed by atoms with Crippen molar-refractivity contribution >= 4 is 17.3 Å². The highest BCUT2D eigenvalue weighted by Gasteiger charge is 2.13. The van der Waals surface area contributed by atoms with Crippen molar-refractivity contribution in [1.82, 2.24) is 0 Å². The second-order valence-electron chi connectivity index (χ2n) is 6.81. The van der Waals surface area contributed by atoms with E-state index in [9.17, 15) is 4.79 Å². The van der Waals surface area contributed by atoms with E-state index in [1.54, 1.807) is 12.1 Å². The molecule has 3 rings (SSSR count). The molecule has 1 saturated heterocycles. The van der Waals surface area contributed by atoms with E-state index in [1.807, 2.05) is 43.4 Å². The summed E-state index contributed by atoms with van der Waals surface area (Å²) in [5.74, 6) is -0.0136. The number of nitrogens with one attached hydrogen (secondary N) is 2. The van der Waals surface area contributed by atoms with Crippen LogP contribution in [0.1, 0.15) is 11.1 Å². The molecule has 1 amide bonds. The molecule has 1 atom stereocenters. The van der Waals surface area contributed by atoms with Crippen molar-refractivity contribution in [3.63, 3.8) is 0 Å². The van der Waals surface area contributed by atoms with E-state index >= 15 is 0 Å². The number of ether oxygens (including phenoxy) is 1. The largest absolute Gasteiger partial charge is 0.378 e. The van der Waals surface area contributed by atoms with Gasteiger partial charge in [0.1, 0.15) is 6.54 Å². The Morgan fingerprint density at radius 1 is 1.15 bits per heavy atom. The monoisotopic (exact) mass is 365 g/mol. The van der Waals surface area contributed by atoms with E-state index in [0.717, 1.165) is 54.7 Å². The zero-order valence-electron chi connectivity index (χ0n) is 15.6. The molecule has 2 N–H and O–H groups in total. The molecule has 2 aromatic carbocycles. The minimum absolute atomic E-state index is 0.0136. The van der Waals surface area contributed by atoms with Crippen LogP contribution in [0, 0.1) is 11.3 Å². The quantitative estimate of drug-likeness (QED) is 0.803. The number of quaternary nitrogens is 1. The highest BCUT2D eigenvalue weighted by Crippen LogP contribution is 2.18. The Morgan fingerprint density at radius 2 is 1.81 bits per heavy atom. The van der Waals surface area contributed by atoms with Crippen LogP contribution in [0.3, 0.4) is 0 Å². The topological polar surface area (TPSA) is 69.8 Å². The first kappa shape index (κ1) is 18.9. The maximum Gasteiger partial charge on any atom is 0.279 e. The van der Waals surface area contributed by atoms with E-state index < -0.39 is 0 Å². The standard InChI is InChI=1S/C21H24N4O2/c1-24(15-18-4-2-17(14-22)3-5-18)16-21(26)23-19-6-8-20(9-7-19)25-10-12-27-13-11-25/h2-9H,10-13,15-16H2,1H3,(H,23,26)/p+1. The normalized spacial score (nSPS) is 15.0. The first-order valence-corrected chi connectivity index (χ1v) is 9.17. The molecule has 1 aliphatic rings. The number of amides is 1. The van der Waals surface area contributed by atoms with Crippen molar-refractivity contribution in [2.24, 2.45) is 0 Å². The second-order valence-corrected chi connectivity index (χ2v) is 6.81. The van der Waals surface area contributed by atoms with E-state index in [-0.39, 0.29) is 5.91 Å². The van der Waals surface area contributed by atoms with Gasteiger partial charge in [0.15, 0.2) is 6.54 Å². The van der Waals surface area contributed by atoms with Gasteiger partial charge < -0.3 is 19.9 Å². The summed E-state index contributed by atoms with van der Waals surface area (Å²) < 4.78 is 5.37. The van der Waals surface area contributed by atoms with Gasteiger partial charge in [0.05, 0.1) is 31.9 Å². The summed E-state index contributed by atoms with van der Waals surface area (Å²) in [7, 11) is 1.99. The Kier molecular flexibility index (Phi) is 6.42. The summed E-state index contributed by atoms with van der Waals surface area (Å²) in [6.45, 7) is 4.42. The maximum absolute atomic E-state index is 12.3. The molecule has 1 unspecified atom stereocenters. The van der Waals surface area contributed by atoms with Gasteiger partial charge in [-0.2, -0.15) is 5.26 Å². The van der Waals surface area contributed by atoms with Gasteiger partial charge in [0, 0.05) is 30.0 Å². The van der Waals surface area contributed by atoms with Crippen LogP contribution >= 0.6 is 0 Å². The fourth-order valence-electron chi connectivity index (χ4n) is 3.16. The number of hydrogen-bond donors (Lipinski definition) is 2. The second kappa shape index (κ2) is 9.17. The summed E-state index contributed by atoms with van der Waals surface area (Å²) in [5, 5.41) is 11.8. The molecule has 140 valence electrons. The summed E-state index contributed by atoms with van der Waals surface area (Å²) in [6, 6.07) is 17.5. The van der Waals surface area contributed by atoms with Crippen molar-refractivity contribution in [3.8, 4) is 6.07 Å². The fraction of sp³-hybridized carbons (Fsp3) is 0.333. The van der Waals surface area contributed by atoms with Crippen LogP contribution in [0.5, 0.6) is 0 Å². The van der Waals surface area contributed by atoms with Gasteiger partial charge in [0.2, 0.25) is 0 Å². The van der Waals surface area contributed by atoms with E-state index in [1.165, 1.54) is 0 Å². The van der Waals surface area contributed by atoms with Gasteiger partial charge in [-0.3, -0.25) is 4.79 Å². The summed E-state index contributed by atoms with van der Waals surface area (Å²) in [4.78, 5) is 15.7. The molecule has 0 bridgehead atoms. The van der Waals surface area contributed by atoms with Crippen molar-refractivity contribution in [3.05, 3.63) is 59.7 Å². The SMILES string of the molecule is C[NH+](CC(=O)Nc1ccc(N2CCOCC2)cc1)Cc1ccc(C#N)cc1. The number of benzene rings is 2. The third-order valence-corrected chi connectivity index (χ3v) is 4.58. The van der Waals surface area contributed by atoms with Crippen molar-refractivity contribution in [1.29, 1.82) is 5.26 Å². The van der Waals surface area contributed by atoms with E-state index in [2.05, 4.69) is 16.3 Å². The Bertz CT molecular complexity index is 790. The number of hydrogen-bond acceptors (Lipinski definition) is 4. The molecule has 6 heteroatoms. The van der Waals surface area contributed by atoms with E-state index in [0.29, 0.717) is 12.1 Å². The lowest BCUT2D eigenvalue weighted by molar-refractivity contribution is -0.885. The van der Waals surface area contributed by atoms with Gasteiger partial charge in [0.25, 0.3) is 5.91 Å². The number of carbonyl (C=O) groups is 1. The Labute approximate surface area is 160 Å². The first-order chi connectivity index (χ1) is 13.1. The molecule has 2 aromatic rings. The molecular formula is C21H25N4O2+. The predicted octanol–water partition coefficient (Wildman–Crippen LogP) is 1.05. The molecule has 1 fully saturated rings. The van der Waals surface area contributed by atoms with Crippen LogP contribution in [0.2, 0.25) is 0 Å². The van der Waals surface area contributed by atoms with Gasteiger partial charge >= 0.3 is 0 Å². The molecule has 0 spiro atoms. The zero-order valence-corrected chi connectivity index (χ0v) is 15.6. The highest BCUT2D eigenvalue weighted by atomic mass is 16.5. The maximum atomic E-state index is 12.3. The van der Waals surface area contributed by atoms with E-state index in [4.69, 9.17) is 10.00 Å². The van der Waals surface area contributed by atoms with Crippen molar-refractivity contribution in [2.45, 2.75) is 6.54 Å². The number of anilines is 2. The van der Waals surface area contributed by atoms with Crippen LogP contribution in [0.4, 0.5) is 11.4 Å². The molecule has 0 radical (unpaired) electrons. The lowest BCUT2D eigenvalue weighted by atomic mass is 10.1. The summed E-state index contributed by atoms with van der Waals surface area (Å²) >= 11 is 0. The lowest BCUT2D eigenvalue weighted by Gasteiger charge is -2.28. The van der Waals surface area contributed by atoms with Gasteiger partial charge in [-0.15, -0.1) is 0 Å². The molecule has 0 saturated carbocycles. The summed E-state index contributed by atoms with van der Waals surface area (Å²) in [5.41, 5.74) is 3.71. The highest BCUT2D eigenvalue weighted by molar-refractivity contribution is 5.91. The number of nitriles is 1. The molecule has 27 heavy (non-hydrogen) atoms. The van der Waals surface area contributed by atoms with Crippen LogP contribution in [0.25, 0.3) is 0 Å². The average Bonchev–Trinajstić information content (AvgIpc) is 2.69. The number of rotatable bonds is 6. The van der Waals surface area contributed by atoms with Crippen LogP contribution in [-0.4, -0.2) is 45.8 Å². The van der Waals surface area contributed by atoms with Crippen LogP contribution in [-0.2, 0) is 16.1 Å². The van der Waals surface area contributed by atoms with Crippen LogP contribution in [0.15, 0.2) is 48.5 Å². The minimum Gasteiger partial charge on any atom is -0.378 e. The Hall–Kier alpha value is -2.88. The van der Waals surface area contributed by atoms with Crippen molar-refractivity contribution < 1.29 is 14.4 Å². The third-order valence-electron chi connectivity index (χ3n) is 4.58. The number of nitrogens with zero attached hydrogens (tertiary/aromatic N) is 2. The molecular weight excluding hydrogens is 340 g/mol. The van der Waals surface area contributed by atoms with Gasteiger partial charge in [-0.25, -0.2) is 0 Å². The average molecular weight is 365 g/mol. The smallest absolute Gasteiger partial charge is 0.279 e. The molecule has 1 heterocycles. The van der Waals surface area contributed by atoms with Crippen LogP contribution < -0.4 is 15.1 Å². The zero-order chi connectivity index (χ0) is 19.1. The number of likely N-dealkylation sites (N-methyl/N-ethyl adjacent to an activating group) is 1. The van der Waals surface area contributed by atoms with Crippen molar-refractivity contribution in [2.75, 3.05) is 50.1 Å². The lowest BCUT2D eigenvalue weighted by Crippen LogP contribution is -3.08. The van der Waals surface area contributed by atoms with Gasteiger partial charge in [-0.1, -0.05) is 12.1 Å². The Balaban J connectivity index is 1.48. The first-order valence-electron chi connectivity index (χ1n) is 9.17. The minimum atomic E-state index is -0.0136. The molecule has 0 aliphatic carbocycles. The number of carbonyl (C=O) groups excluding carboxylic acids is 1. The fourth-order valence-corrected chi connectivity index (χ4v) is 3.16. The molecule has 6 nitrogen and oxygen atoms in total. The number of morpholine rings is 1. The predicted molar refractivity (Wildman–Crippen MR) is 105 cm³/mol. The Morgan fingerprint density at radius 3 is 2.44 bits per heavy atom. The summed E-state index contributed by atoms with van der Waals surface area (Å²) in [6.07, 6.45) is 0.